The molecular formula is C23H20F4N6O2. The van der Waals surface area contributed by atoms with Gasteiger partial charge in [0.25, 0.3) is 0 Å². The highest BCUT2D eigenvalue weighted by molar-refractivity contribution is 5.66. The van der Waals surface area contributed by atoms with Crippen LogP contribution in [-0.2, 0) is 25.7 Å². The molecule has 0 aliphatic rings. The number of nitrogens with zero attached hydrogens (tertiary/aromatic N) is 6. The van der Waals surface area contributed by atoms with E-state index in [4.69, 9.17) is 9.15 Å². The molecule has 0 unspecified atom stereocenters. The van der Waals surface area contributed by atoms with Crippen LogP contribution in [0.1, 0.15) is 41.1 Å². The number of oxazole rings is 1. The molecule has 0 radical (unpaired) electrons. The number of benzene rings is 1. The summed E-state index contributed by atoms with van der Waals surface area (Å²) in [5.41, 5.74) is 0.348. The Morgan fingerprint density at radius 1 is 1.09 bits per heavy atom. The Bertz CT molecular complexity index is 1250. The van der Waals surface area contributed by atoms with Gasteiger partial charge in [0.05, 0.1) is 11.8 Å². The molecule has 35 heavy (non-hydrogen) atoms. The summed E-state index contributed by atoms with van der Waals surface area (Å²) in [6.45, 7) is 0.847. The molecule has 4 rings (SSSR count). The number of unbranched alkanes of at least 4 members (excludes halogenated alkanes) is 1. The van der Waals surface area contributed by atoms with Crippen molar-refractivity contribution in [3.8, 4) is 6.01 Å². The Balaban J connectivity index is 1.24. The van der Waals surface area contributed by atoms with E-state index in [-0.39, 0.29) is 24.1 Å². The summed E-state index contributed by atoms with van der Waals surface area (Å²) in [6, 6.07) is 2.48. The minimum atomic E-state index is -4.61. The molecule has 3 aromatic heterocycles. The molecule has 0 spiro atoms. The molecule has 8 nitrogen and oxygen atoms in total. The van der Waals surface area contributed by atoms with Gasteiger partial charge in [0, 0.05) is 36.8 Å². The molecule has 1 aromatic carbocycles. The van der Waals surface area contributed by atoms with Gasteiger partial charge in [0.15, 0.2) is 0 Å². The van der Waals surface area contributed by atoms with Crippen LogP contribution in [0.25, 0.3) is 12.2 Å². The number of rotatable bonds is 10. The van der Waals surface area contributed by atoms with Crippen LogP contribution < -0.4 is 4.74 Å². The molecule has 4 aromatic rings. The lowest BCUT2D eigenvalue weighted by Crippen LogP contribution is -2.05. The predicted molar refractivity (Wildman–Crippen MR) is 116 cm³/mol. The van der Waals surface area contributed by atoms with Gasteiger partial charge in [-0.2, -0.15) is 13.2 Å². The fourth-order valence-electron chi connectivity index (χ4n) is 3.11. The molecular weight excluding hydrogens is 468 g/mol. The zero-order valence-electron chi connectivity index (χ0n) is 18.3. The summed E-state index contributed by atoms with van der Waals surface area (Å²) in [5, 5.41) is 7.68. The molecule has 182 valence electrons. The van der Waals surface area contributed by atoms with E-state index in [1.165, 1.54) is 18.4 Å². The Hall–Kier alpha value is -4.09. The fraction of sp³-hybridized carbons (Fsp3) is 0.261. The van der Waals surface area contributed by atoms with Gasteiger partial charge in [0.1, 0.15) is 24.4 Å². The predicted octanol–water partition coefficient (Wildman–Crippen LogP) is 4.99. The van der Waals surface area contributed by atoms with Gasteiger partial charge >= 0.3 is 12.2 Å². The summed E-state index contributed by atoms with van der Waals surface area (Å²) < 4.78 is 64.4. The Morgan fingerprint density at radius 2 is 1.91 bits per heavy atom. The van der Waals surface area contributed by atoms with Crippen LogP contribution in [0.4, 0.5) is 17.6 Å². The molecule has 0 N–H and O–H groups in total. The Labute approximate surface area is 197 Å². The number of hydrogen-bond acceptors (Lipinski definition) is 7. The lowest BCUT2D eigenvalue weighted by atomic mass is 10.1. The number of aromatic nitrogens is 6. The van der Waals surface area contributed by atoms with Crippen molar-refractivity contribution in [3.05, 3.63) is 83.3 Å². The van der Waals surface area contributed by atoms with Gasteiger partial charge < -0.3 is 9.15 Å². The zero-order valence-corrected chi connectivity index (χ0v) is 18.3. The maximum Gasteiger partial charge on any atom is 0.416 e. The van der Waals surface area contributed by atoms with Crippen molar-refractivity contribution < 1.29 is 26.7 Å². The number of aryl methyl sites for hydroxylation is 2. The first-order valence-electron chi connectivity index (χ1n) is 10.6. The molecule has 0 saturated carbocycles. The number of ether oxygens (including phenoxy) is 1. The molecule has 0 atom stereocenters. The van der Waals surface area contributed by atoms with E-state index in [2.05, 4.69) is 25.3 Å². The molecule has 0 saturated heterocycles. The zero-order chi connectivity index (χ0) is 24.7. The highest BCUT2D eigenvalue weighted by Gasteiger charge is 2.30. The van der Waals surface area contributed by atoms with E-state index in [0.717, 1.165) is 43.5 Å². The first kappa shape index (κ1) is 24.0. The Morgan fingerprint density at radius 3 is 2.63 bits per heavy atom. The molecule has 0 fully saturated rings. The number of hydrogen-bond donors (Lipinski definition) is 0. The highest BCUT2D eigenvalue weighted by Crippen LogP contribution is 2.30. The normalized spacial score (nSPS) is 11.9. The number of halogens is 4. The van der Waals surface area contributed by atoms with Gasteiger partial charge in [-0.3, -0.25) is 4.68 Å². The lowest BCUT2D eigenvalue weighted by molar-refractivity contribution is -0.137. The van der Waals surface area contributed by atoms with Crippen molar-refractivity contribution in [1.82, 2.24) is 29.9 Å². The molecule has 0 aliphatic carbocycles. The third kappa shape index (κ3) is 6.95. The summed E-state index contributed by atoms with van der Waals surface area (Å²) in [5.74, 6) is -0.855. The van der Waals surface area contributed by atoms with Crippen LogP contribution in [-0.4, -0.2) is 29.9 Å². The van der Waals surface area contributed by atoms with E-state index in [1.807, 2.05) is 6.20 Å². The lowest BCUT2D eigenvalue weighted by Gasteiger charge is -2.07. The van der Waals surface area contributed by atoms with E-state index < -0.39 is 17.6 Å². The third-order valence-electron chi connectivity index (χ3n) is 4.91. The van der Waals surface area contributed by atoms with Gasteiger partial charge in [-0.15, -0.1) is 5.10 Å². The van der Waals surface area contributed by atoms with Crippen LogP contribution in [0.2, 0.25) is 0 Å². The van der Waals surface area contributed by atoms with Crippen LogP contribution >= 0.6 is 0 Å². The molecule has 0 bridgehead atoms. The van der Waals surface area contributed by atoms with Crippen molar-refractivity contribution in [1.29, 1.82) is 0 Å². The topological polar surface area (TPSA) is 91.8 Å². The third-order valence-corrected chi connectivity index (χ3v) is 4.91. The second-order valence-corrected chi connectivity index (χ2v) is 7.53. The number of alkyl halides is 3. The van der Waals surface area contributed by atoms with Gasteiger partial charge in [-0.05, 0) is 43.0 Å². The molecule has 12 heteroatoms. The molecule has 3 heterocycles. The van der Waals surface area contributed by atoms with Crippen molar-refractivity contribution >= 4 is 12.2 Å². The van der Waals surface area contributed by atoms with E-state index in [9.17, 15) is 17.6 Å². The fourth-order valence-corrected chi connectivity index (χ4v) is 3.11. The first-order chi connectivity index (χ1) is 16.9. The van der Waals surface area contributed by atoms with Gasteiger partial charge in [-0.25, -0.2) is 19.3 Å². The molecule has 0 amide bonds. The van der Waals surface area contributed by atoms with E-state index >= 15 is 0 Å². The molecule has 0 aliphatic heterocycles. The van der Waals surface area contributed by atoms with E-state index in [0.29, 0.717) is 11.8 Å². The monoisotopic (exact) mass is 488 g/mol. The van der Waals surface area contributed by atoms with Gasteiger partial charge in [-0.1, -0.05) is 11.3 Å². The minimum absolute atomic E-state index is 0.0270. The summed E-state index contributed by atoms with van der Waals surface area (Å²) in [7, 11) is 0. The average Bonchev–Trinajstić information content (AvgIpc) is 3.52. The largest absolute Gasteiger partial charge is 0.457 e. The Kier molecular flexibility index (Phi) is 7.48. The standard InChI is InChI=1S/C23H20F4N6O2/c24-20-11-18(23(25,26)27)6-4-17(20)5-7-21-31-19(14-34-21)15-35-22-28-12-16(13-29-22)3-1-2-9-33-10-8-30-32-33/h4-8,10-14H,1-3,9,15H2. The van der Waals surface area contributed by atoms with Crippen molar-refractivity contribution in [2.75, 3.05) is 0 Å². The van der Waals surface area contributed by atoms with Crippen molar-refractivity contribution in [2.45, 2.75) is 38.6 Å². The minimum Gasteiger partial charge on any atom is -0.457 e. The summed E-state index contributed by atoms with van der Waals surface area (Å²) in [6.07, 6.45) is 8.98. The maximum absolute atomic E-state index is 13.9. The smallest absolute Gasteiger partial charge is 0.416 e. The quantitative estimate of drug-likeness (QED) is 0.230. The first-order valence-corrected chi connectivity index (χ1v) is 10.6. The van der Waals surface area contributed by atoms with Crippen molar-refractivity contribution in [2.24, 2.45) is 0 Å². The SMILES string of the molecule is Fc1cc(C(F)(F)F)ccc1C=Cc1nc(COc2ncc(CCCCn3ccnn3)cn2)co1. The highest BCUT2D eigenvalue weighted by atomic mass is 19.4. The van der Waals surface area contributed by atoms with Gasteiger partial charge in [0.2, 0.25) is 5.89 Å². The van der Waals surface area contributed by atoms with Crippen molar-refractivity contribution in [3.63, 3.8) is 0 Å². The second kappa shape index (κ2) is 10.9. The van der Waals surface area contributed by atoms with Crippen LogP contribution in [0.3, 0.4) is 0 Å². The summed E-state index contributed by atoms with van der Waals surface area (Å²) in [4.78, 5) is 12.5. The maximum atomic E-state index is 13.9. The van der Waals surface area contributed by atoms with Crippen LogP contribution in [0, 0.1) is 5.82 Å². The van der Waals surface area contributed by atoms with Crippen LogP contribution in [0.5, 0.6) is 6.01 Å². The van der Waals surface area contributed by atoms with Crippen LogP contribution in [0.15, 0.2) is 53.7 Å². The van der Waals surface area contributed by atoms with E-state index in [1.54, 1.807) is 23.3 Å². The second-order valence-electron chi connectivity index (χ2n) is 7.53. The summed E-state index contributed by atoms with van der Waals surface area (Å²) >= 11 is 0. The average molecular weight is 488 g/mol.